The van der Waals surface area contributed by atoms with Crippen molar-refractivity contribution in [3.63, 3.8) is 0 Å². The van der Waals surface area contributed by atoms with E-state index in [-0.39, 0.29) is 10.6 Å². The summed E-state index contributed by atoms with van der Waals surface area (Å²) < 4.78 is 5.42. The van der Waals surface area contributed by atoms with Gasteiger partial charge >= 0.3 is 0 Å². The van der Waals surface area contributed by atoms with Gasteiger partial charge in [0, 0.05) is 23.8 Å². The highest BCUT2D eigenvalue weighted by Crippen LogP contribution is 2.27. The third-order valence-corrected chi connectivity index (χ3v) is 3.51. The third kappa shape index (κ3) is 2.68. The van der Waals surface area contributed by atoms with Gasteiger partial charge in [-0.15, -0.1) is 0 Å². The van der Waals surface area contributed by atoms with Crippen LogP contribution in [0.3, 0.4) is 0 Å². The predicted octanol–water partition coefficient (Wildman–Crippen LogP) is 1.95. The molecule has 1 unspecified atom stereocenters. The minimum atomic E-state index is -0.391. The molecule has 0 aromatic heterocycles. The van der Waals surface area contributed by atoms with Crippen LogP contribution >= 0.6 is 0 Å². The van der Waals surface area contributed by atoms with Gasteiger partial charge in [0.2, 0.25) is 0 Å². The maximum absolute atomic E-state index is 10.9. The number of benzene rings is 1. The lowest BCUT2D eigenvalue weighted by atomic mass is 9.85. The topological polar surface area (TPSA) is 78.4 Å². The fourth-order valence-corrected chi connectivity index (χ4v) is 2.45. The molecule has 98 valence electrons. The van der Waals surface area contributed by atoms with Gasteiger partial charge in [0.1, 0.15) is 0 Å². The Morgan fingerprint density at radius 2 is 2.33 bits per heavy atom. The lowest BCUT2D eigenvalue weighted by molar-refractivity contribution is -0.385. The number of hydrogen-bond acceptors (Lipinski definition) is 4. The summed E-state index contributed by atoms with van der Waals surface area (Å²) in [5.74, 6) is 0. The molecule has 0 aliphatic carbocycles. The van der Waals surface area contributed by atoms with E-state index in [4.69, 9.17) is 10.5 Å². The summed E-state index contributed by atoms with van der Waals surface area (Å²) in [6, 6.07) is 5.15. The number of nitro benzene ring substituents is 1. The van der Waals surface area contributed by atoms with Crippen LogP contribution in [0, 0.1) is 17.0 Å². The van der Waals surface area contributed by atoms with Gasteiger partial charge in [-0.1, -0.05) is 12.1 Å². The first kappa shape index (κ1) is 13.0. The zero-order chi connectivity index (χ0) is 13.2. The molecule has 1 aromatic rings. The fourth-order valence-electron chi connectivity index (χ4n) is 2.45. The van der Waals surface area contributed by atoms with Crippen molar-refractivity contribution in [3.8, 4) is 0 Å². The molecule has 18 heavy (non-hydrogen) atoms. The van der Waals surface area contributed by atoms with Crippen LogP contribution in [-0.2, 0) is 11.2 Å². The Bertz CT molecular complexity index is 454. The van der Waals surface area contributed by atoms with E-state index < -0.39 is 5.54 Å². The highest BCUT2D eigenvalue weighted by molar-refractivity contribution is 5.45. The van der Waals surface area contributed by atoms with E-state index in [1.165, 1.54) is 6.07 Å². The predicted molar refractivity (Wildman–Crippen MR) is 68.5 cm³/mol. The Balaban J connectivity index is 2.23. The van der Waals surface area contributed by atoms with Crippen molar-refractivity contribution in [1.82, 2.24) is 0 Å². The standard InChI is InChI=1S/C13H18N2O3/c1-10-11(4-2-5-12(10)15(16)17)8-13(14)6-3-7-18-9-13/h2,4-5H,3,6-9,14H2,1H3. The molecule has 1 heterocycles. The van der Waals surface area contributed by atoms with E-state index in [1.54, 1.807) is 13.0 Å². The van der Waals surface area contributed by atoms with Crippen LogP contribution in [0.4, 0.5) is 5.69 Å². The number of hydrogen-bond donors (Lipinski definition) is 1. The minimum Gasteiger partial charge on any atom is -0.380 e. The fraction of sp³-hybridized carbons (Fsp3) is 0.538. The van der Waals surface area contributed by atoms with Gasteiger partial charge in [0.15, 0.2) is 0 Å². The molecule has 0 spiro atoms. The molecule has 1 aliphatic rings. The van der Waals surface area contributed by atoms with E-state index in [1.807, 2.05) is 6.07 Å². The van der Waals surface area contributed by atoms with E-state index in [0.717, 1.165) is 25.0 Å². The Kier molecular flexibility index (Phi) is 3.63. The normalized spacial score (nSPS) is 23.9. The van der Waals surface area contributed by atoms with Gasteiger partial charge < -0.3 is 10.5 Å². The maximum Gasteiger partial charge on any atom is 0.272 e. The largest absolute Gasteiger partial charge is 0.380 e. The molecule has 2 rings (SSSR count). The van der Waals surface area contributed by atoms with Gasteiger partial charge in [-0.3, -0.25) is 10.1 Å². The summed E-state index contributed by atoms with van der Waals surface area (Å²) in [6.45, 7) is 3.06. The van der Waals surface area contributed by atoms with Gasteiger partial charge in [-0.2, -0.15) is 0 Å². The SMILES string of the molecule is Cc1c(CC2(N)CCCOC2)cccc1[N+](=O)[O-]. The first-order valence-electron chi connectivity index (χ1n) is 6.11. The van der Waals surface area contributed by atoms with Gasteiger partial charge in [0.05, 0.1) is 11.5 Å². The van der Waals surface area contributed by atoms with Crippen molar-refractivity contribution in [2.75, 3.05) is 13.2 Å². The van der Waals surface area contributed by atoms with Crippen LogP contribution in [0.2, 0.25) is 0 Å². The Labute approximate surface area is 106 Å². The highest BCUT2D eigenvalue weighted by atomic mass is 16.6. The van der Waals surface area contributed by atoms with E-state index in [2.05, 4.69) is 0 Å². The zero-order valence-corrected chi connectivity index (χ0v) is 10.5. The molecule has 1 saturated heterocycles. The lowest BCUT2D eigenvalue weighted by Crippen LogP contribution is -2.49. The zero-order valence-electron chi connectivity index (χ0n) is 10.5. The van der Waals surface area contributed by atoms with Crippen LogP contribution in [0.5, 0.6) is 0 Å². The van der Waals surface area contributed by atoms with Crippen molar-refractivity contribution < 1.29 is 9.66 Å². The summed E-state index contributed by atoms with van der Waals surface area (Å²) in [6.07, 6.45) is 2.47. The van der Waals surface area contributed by atoms with Crippen LogP contribution in [0.15, 0.2) is 18.2 Å². The average molecular weight is 250 g/mol. The van der Waals surface area contributed by atoms with E-state index in [9.17, 15) is 10.1 Å². The second kappa shape index (κ2) is 5.04. The van der Waals surface area contributed by atoms with Crippen molar-refractivity contribution in [2.45, 2.75) is 31.7 Å². The van der Waals surface area contributed by atoms with Crippen LogP contribution in [0.1, 0.15) is 24.0 Å². The Hall–Kier alpha value is -1.46. The minimum absolute atomic E-state index is 0.160. The number of nitrogens with two attached hydrogens (primary N) is 1. The Morgan fingerprint density at radius 3 is 2.94 bits per heavy atom. The smallest absolute Gasteiger partial charge is 0.272 e. The molecule has 0 radical (unpaired) electrons. The van der Waals surface area contributed by atoms with Gasteiger partial charge in [-0.25, -0.2) is 0 Å². The molecule has 2 N–H and O–H groups in total. The monoisotopic (exact) mass is 250 g/mol. The summed E-state index contributed by atoms with van der Waals surface area (Å²) >= 11 is 0. The van der Waals surface area contributed by atoms with E-state index >= 15 is 0 Å². The second-order valence-corrected chi connectivity index (χ2v) is 5.01. The first-order chi connectivity index (χ1) is 8.52. The molecule has 0 bridgehead atoms. The second-order valence-electron chi connectivity index (χ2n) is 5.01. The lowest BCUT2D eigenvalue weighted by Gasteiger charge is -2.33. The van der Waals surface area contributed by atoms with Crippen molar-refractivity contribution >= 4 is 5.69 Å². The van der Waals surface area contributed by atoms with Gasteiger partial charge in [0.25, 0.3) is 5.69 Å². The summed E-state index contributed by atoms with van der Waals surface area (Å²) in [5, 5.41) is 10.9. The van der Waals surface area contributed by atoms with Crippen molar-refractivity contribution in [3.05, 3.63) is 39.4 Å². The van der Waals surface area contributed by atoms with Gasteiger partial charge in [-0.05, 0) is 31.7 Å². The number of nitrogens with zero attached hydrogens (tertiary/aromatic N) is 1. The molecule has 1 atom stereocenters. The maximum atomic E-state index is 10.9. The third-order valence-electron chi connectivity index (χ3n) is 3.51. The van der Waals surface area contributed by atoms with Crippen LogP contribution in [-0.4, -0.2) is 23.7 Å². The van der Waals surface area contributed by atoms with E-state index in [0.29, 0.717) is 18.6 Å². The Morgan fingerprint density at radius 1 is 1.56 bits per heavy atom. The number of rotatable bonds is 3. The molecule has 1 aliphatic heterocycles. The molecule has 1 fully saturated rings. The summed E-state index contributed by atoms with van der Waals surface area (Å²) in [7, 11) is 0. The van der Waals surface area contributed by atoms with Crippen molar-refractivity contribution in [2.24, 2.45) is 5.73 Å². The van der Waals surface area contributed by atoms with Crippen molar-refractivity contribution in [1.29, 1.82) is 0 Å². The van der Waals surface area contributed by atoms with Crippen LogP contribution in [0.25, 0.3) is 0 Å². The number of ether oxygens (including phenoxy) is 1. The first-order valence-corrected chi connectivity index (χ1v) is 6.11. The summed E-state index contributed by atoms with van der Waals surface area (Å²) in [5.41, 5.74) is 7.71. The molecule has 0 amide bonds. The average Bonchev–Trinajstić information content (AvgIpc) is 2.32. The number of nitro groups is 1. The van der Waals surface area contributed by atoms with Crippen LogP contribution < -0.4 is 5.73 Å². The molecule has 1 aromatic carbocycles. The molecule has 0 saturated carbocycles. The molecule has 5 heteroatoms. The summed E-state index contributed by atoms with van der Waals surface area (Å²) in [4.78, 5) is 10.5. The molecular weight excluding hydrogens is 232 g/mol. The highest BCUT2D eigenvalue weighted by Gasteiger charge is 2.29. The molecule has 5 nitrogen and oxygen atoms in total. The quantitative estimate of drug-likeness (QED) is 0.657. The molecular formula is C13H18N2O3.